The first kappa shape index (κ1) is 16.0. The predicted octanol–water partition coefficient (Wildman–Crippen LogP) is 3.52. The summed E-state index contributed by atoms with van der Waals surface area (Å²) >= 11 is 0. The second-order valence-corrected chi connectivity index (χ2v) is 6.58. The minimum atomic E-state index is 0.462. The average Bonchev–Trinajstić information content (AvgIpc) is 2.38. The number of nitrogens with zero attached hydrogens (tertiary/aromatic N) is 1. The molecule has 2 heteroatoms. The summed E-state index contributed by atoms with van der Waals surface area (Å²) in [6, 6.07) is 0.822. The van der Waals surface area contributed by atoms with Crippen molar-refractivity contribution in [2.45, 2.75) is 65.3 Å². The third-order valence-corrected chi connectivity index (χ3v) is 5.17. The Labute approximate surface area is 115 Å². The number of nitrogens with one attached hydrogen (secondary N) is 1. The van der Waals surface area contributed by atoms with Crippen molar-refractivity contribution in [1.82, 2.24) is 10.2 Å². The highest BCUT2D eigenvalue weighted by Gasteiger charge is 2.30. The average molecular weight is 254 g/mol. The van der Waals surface area contributed by atoms with Crippen molar-refractivity contribution in [1.29, 1.82) is 0 Å². The smallest absolute Gasteiger partial charge is 0.00949 e. The van der Waals surface area contributed by atoms with Gasteiger partial charge >= 0.3 is 0 Å². The lowest BCUT2D eigenvalue weighted by molar-refractivity contribution is 0.0931. The van der Waals surface area contributed by atoms with Crippen LogP contribution in [0.25, 0.3) is 0 Å². The van der Waals surface area contributed by atoms with Crippen LogP contribution in [0.15, 0.2) is 0 Å². The monoisotopic (exact) mass is 254 g/mol. The molecule has 0 aromatic rings. The molecule has 0 saturated heterocycles. The zero-order valence-electron chi connectivity index (χ0n) is 13.3. The highest BCUT2D eigenvalue weighted by molar-refractivity contribution is 4.85. The van der Waals surface area contributed by atoms with Gasteiger partial charge in [-0.3, -0.25) is 0 Å². The standard InChI is InChI=1S/C16H34N2/c1-6-16(7-2,12-17-4)13-18(5)15-10-8-9-14(3)11-15/h14-15,17H,6-13H2,1-5H3. The van der Waals surface area contributed by atoms with Gasteiger partial charge in [0.05, 0.1) is 0 Å². The van der Waals surface area contributed by atoms with Crippen LogP contribution in [-0.4, -0.2) is 38.1 Å². The van der Waals surface area contributed by atoms with Crippen LogP contribution in [0, 0.1) is 11.3 Å². The molecule has 1 aliphatic rings. The first-order valence-corrected chi connectivity index (χ1v) is 7.91. The van der Waals surface area contributed by atoms with E-state index in [1.54, 1.807) is 0 Å². The summed E-state index contributed by atoms with van der Waals surface area (Å²) in [5, 5.41) is 3.40. The van der Waals surface area contributed by atoms with E-state index >= 15 is 0 Å². The van der Waals surface area contributed by atoms with E-state index in [4.69, 9.17) is 0 Å². The van der Waals surface area contributed by atoms with Crippen molar-refractivity contribution >= 4 is 0 Å². The van der Waals surface area contributed by atoms with Crippen LogP contribution in [0.1, 0.15) is 59.3 Å². The molecule has 0 bridgehead atoms. The highest BCUT2D eigenvalue weighted by Crippen LogP contribution is 2.31. The number of hydrogen-bond acceptors (Lipinski definition) is 2. The molecule has 2 nitrogen and oxygen atoms in total. The maximum Gasteiger partial charge on any atom is 0.00949 e. The lowest BCUT2D eigenvalue weighted by atomic mass is 9.80. The molecule has 0 heterocycles. The molecule has 2 atom stereocenters. The molecule has 108 valence electrons. The second kappa shape index (κ2) is 7.49. The summed E-state index contributed by atoms with van der Waals surface area (Å²) in [6.45, 7) is 9.50. The maximum absolute atomic E-state index is 3.40. The van der Waals surface area contributed by atoms with Gasteiger partial charge in [0.2, 0.25) is 0 Å². The summed E-state index contributed by atoms with van der Waals surface area (Å²) in [5.74, 6) is 0.924. The van der Waals surface area contributed by atoms with Crippen LogP contribution in [0.2, 0.25) is 0 Å². The van der Waals surface area contributed by atoms with Crippen molar-refractivity contribution < 1.29 is 0 Å². The molecule has 1 rings (SSSR count). The van der Waals surface area contributed by atoms with Crippen LogP contribution in [0.3, 0.4) is 0 Å². The van der Waals surface area contributed by atoms with E-state index in [0.717, 1.165) is 18.5 Å². The van der Waals surface area contributed by atoms with Gasteiger partial charge in [0.15, 0.2) is 0 Å². The van der Waals surface area contributed by atoms with Crippen molar-refractivity contribution in [3.63, 3.8) is 0 Å². The molecular weight excluding hydrogens is 220 g/mol. The number of hydrogen-bond donors (Lipinski definition) is 1. The fourth-order valence-electron chi connectivity index (χ4n) is 3.62. The summed E-state index contributed by atoms with van der Waals surface area (Å²) in [6.07, 6.45) is 8.22. The zero-order chi connectivity index (χ0) is 13.6. The van der Waals surface area contributed by atoms with Gasteiger partial charge in [-0.1, -0.05) is 33.6 Å². The number of rotatable bonds is 7. The van der Waals surface area contributed by atoms with E-state index in [1.807, 2.05) is 0 Å². The molecule has 1 saturated carbocycles. The Morgan fingerprint density at radius 1 is 1.22 bits per heavy atom. The Morgan fingerprint density at radius 2 is 1.89 bits per heavy atom. The van der Waals surface area contributed by atoms with Gasteiger partial charge < -0.3 is 10.2 Å². The predicted molar refractivity (Wildman–Crippen MR) is 81.0 cm³/mol. The topological polar surface area (TPSA) is 15.3 Å². The van der Waals surface area contributed by atoms with Crippen molar-refractivity contribution in [2.75, 3.05) is 27.2 Å². The third-order valence-electron chi connectivity index (χ3n) is 5.17. The van der Waals surface area contributed by atoms with Crippen molar-refractivity contribution in [2.24, 2.45) is 11.3 Å². The normalized spacial score (nSPS) is 25.7. The Kier molecular flexibility index (Phi) is 6.65. The van der Waals surface area contributed by atoms with Gasteiger partial charge in [0.25, 0.3) is 0 Å². The Morgan fingerprint density at radius 3 is 2.39 bits per heavy atom. The van der Waals surface area contributed by atoms with E-state index in [2.05, 4.69) is 45.1 Å². The summed E-state index contributed by atoms with van der Waals surface area (Å²) in [5.41, 5.74) is 0.462. The van der Waals surface area contributed by atoms with Gasteiger partial charge in [-0.05, 0) is 51.1 Å². The van der Waals surface area contributed by atoms with E-state index in [0.29, 0.717) is 5.41 Å². The van der Waals surface area contributed by atoms with E-state index in [1.165, 1.54) is 45.1 Å². The highest BCUT2D eigenvalue weighted by atomic mass is 15.1. The van der Waals surface area contributed by atoms with Crippen LogP contribution in [0.4, 0.5) is 0 Å². The van der Waals surface area contributed by atoms with Gasteiger partial charge in [0.1, 0.15) is 0 Å². The minimum absolute atomic E-state index is 0.462. The molecule has 1 aliphatic carbocycles. The van der Waals surface area contributed by atoms with Gasteiger partial charge in [-0.2, -0.15) is 0 Å². The fraction of sp³-hybridized carbons (Fsp3) is 1.00. The summed E-state index contributed by atoms with van der Waals surface area (Å²) < 4.78 is 0. The Bertz CT molecular complexity index is 223. The first-order chi connectivity index (χ1) is 8.56. The van der Waals surface area contributed by atoms with E-state index in [-0.39, 0.29) is 0 Å². The minimum Gasteiger partial charge on any atom is -0.319 e. The molecule has 0 amide bonds. The van der Waals surface area contributed by atoms with Gasteiger partial charge in [-0.25, -0.2) is 0 Å². The summed E-state index contributed by atoms with van der Waals surface area (Å²) in [4.78, 5) is 2.65. The maximum atomic E-state index is 3.40. The van der Waals surface area contributed by atoms with Crippen molar-refractivity contribution in [3.8, 4) is 0 Å². The van der Waals surface area contributed by atoms with Crippen LogP contribution in [0.5, 0.6) is 0 Å². The molecule has 0 aromatic carbocycles. The molecule has 0 radical (unpaired) electrons. The van der Waals surface area contributed by atoms with Gasteiger partial charge in [-0.15, -0.1) is 0 Å². The van der Waals surface area contributed by atoms with Crippen LogP contribution < -0.4 is 5.32 Å². The lowest BCUT2D eigenvalue weighted by Crippen LogP contribution is -2.46. The largest absolute Gasteiger partial charge is 0.319 e. The van der Waals surface area contributed by atoms with E-state index in [9.17, 15) is 0 Å². The molecule has 1 N–H and O–H groups in total. The summed E-state index contributed by atoms with van der Waals surface area (Å²) in [7, 11) is 4.43. The molecular formula is C16H34N2. The second-order valence-electron chi connectivity index (χ2n) is 6.58. The first-order valence-electron chi connectivity index (χ1n) is 7.91. The molecule has 0 spiro atoms. The Hall–Kier alpha value is -0.0800. The van der Waals surface area contributed by atoms with E-state index < -0.39 is 0 Å². The molecule has 0 aliphatic heterocycles. The third kappa shape index (κ3) is 4.24. The quantitative estimate of drug-likeness (QED) is 0.748. The Balaban J connectivity index is 2.56. The van der Waals surface area contributed by atoms with Crippen LogP contribution in [-0.2, 0) is 0 Å². The molecule has 0 aromatic heterocycles. The van der Waals surface area contributed by atoms with Crippen molar-refractivity contribution in [3.05, 3.63) is 0 Å². The fourth-order valence-corrected chi connectivity index (χ4v) is 3.62. The molecule has 1 fully saturated rings. The SMILES string of the molecule is CCC(CC)(CNC)CN(C)C1CCCC(C)C1. The van der Waals surface area contributed by atoms with Gasteiger partial charge in [0, 0.05) is 19.1 Å². The lowest BCUT2D eigenvalue weighted by Gasteiger charge is -2.41. The molecule has 18 heavy (non-hydrogen) atoms. The van der Waals surface area contributed by atoms with Crippen LogP contribution >= 0.6 is 0 Å². The zero-order valence-corrected chi connectivity index (χ0v) is 13.3. The molecule has 2 unspecified atom stereocenters.